The molecule has 3 N–H and O–H groups in total. The van der Waals surface area contributed by atoms with E-state index >= 15 is 0 Å². The number of amides is 3. The summed E-state index contributed by atoms with van der Waals surface area (Å²) in [6.07, 6.45) is 0. The van der Waals surface area contributed by atoms with Gasteiger partial charge in [-0.25, -0.2) is 0 Å². The Balaban J connectivity index is 1.75. The zero-order chi connectivity index (χ0) is 19.8. The first kappa shape index (κ1) is 20.8. The van der Waals surface area contributed by atoms with Crippen molar-refractivity contribution in [2.45, 2.75) is 19.1 Å². The van der Waals surface area contributed by atoms with Gasteiger partial charge in [0.05, 0.1) is 21.6 Å². The van der Waals surface area contributed by atoms with Crippen LogP contribution in [0.25, 0.3) is 0 Å². The van der Waals surface area contributed by atoms with Crippen LogP contribution in [0.4, 0.5) is 5.69 Å². The lowest BCUT2D eigenvalue weighted by molar-refractivity contribution is -0.121. The summed E-state index contributed by atoms with van der Waals surface area (Å²) < 4.78 is 0. The average Bonchev–Trinajstić information content (AvgIpc) is 2.66. The fourth-order valence-corrected chi connectivity index (χ4v) is 2.95. The summed E-state index contributed by atoms with van der Waals surface area (Å²) >= 11 is 7.10. The van der Waals surface area contributed by atoms with Gasteiger partial charge in [0, 0.05) is 5.69 Å². The number of thioether (sulfide) groups is 1. The van der Waals surface area contributed by atoms with Crippen LogP contribution in [0.3, 0.4) is 0 Å². The lowest BCUT2D eigenvalue weighted by Crippen LogP contribution is -2.45. The largest absolute Gasteiger partial charge is 0.325 e. The molecule has 6 nitrogen and oxygen atoms in total. The standard InChI is InChI=1S/C19H20ClN3O3S/c1-12-7-9-14(10-8-12)21-17(24)11-27-13(2)18(25)22-23-19(26)15-5-3-4-6-16(15)20/h3-10,13H,11H2,1-2H3,(H,21,24)(H,22,25)(H,23,26)/t13-/m0/s1. The molecule has 0 aliphatic heterocycles. The second-order valence-electron chi connectivity index (χ2n) is 5.79. The number of hydrogen-bond acceptors (Lipinski definition) is 4. The Morgan fingerprint density at radius 2 is 1.70 bits per heavy atom. The molecule has 0 unspecified atom stereocenters. The van der Waals surface area contributed by atoms with Crippen molar-refractivity contribution in [3.8, 4) is 0 Å². The Labute approximate surface area is 167 Å². The normalized spacial score (nSPS) is 11.4. The number of anilines is 1. The van der Waals surface area contributed by atoms with Crippen LogP contribution in [0, 0.1) is 6.92 Å². The van der Waals surface area contributed by atoms with E-state index in [0.29, 0.717) is 10.7 Å². The number of hydrazine groups is 1. The lowest BCUT2D eigenvalue weighted by atomic mass is 10.2. The summed E-state index contributed by atoms with van der Waals surface area (Å²) in [6.45, 7) is 3.62. The Morgan fingerprint density at radius 3 is 2.37 bits per heavy atom. The van der Waals surface area contributed by atoms with Crippen molar-refractivity contribution in [3.05, 3.63) is 64.7 Å². The second-order valence-corrected chi connectivity index (χ2v) is 7.53. The maximum absolute atomic E-state index is 12.1. The molecule has 0 heterocycles. The van der Waals surface area contributed by atoms with Gasteiger partial charge in [-0.05, 0) is 38.1 Å². The maximum Gasteiger partial charge on any atom is 0.271 e. The number of carbonyl (C=O) groups is 3. The third kappa shape index (κ3) is 6.62. The molecule has 0 saturated heterocycles. The molecule has 2 aromatic carbocycles. The maximum atomic E-state index is 12.1. The molecular formula is C19H20ClN3O3S. The van der Waals surface area contributed by atoms with E-state index in [1.54, 1.807) is 31.2 Å². The summed E-state index contributed by atoms with van der Waals surface area (Å²) in [4.78, 5) is 36.0. The van der Waals surface area contributed by atoms with Crippen molar-refractivity contribution < 1.29 is 14.4 Å². The highest BCUT2D eigenvalue weighted by molar-refractivity contribution is 8.01. The summed E-state index contributed by atoms with van der Waals surface area (Å²) in [7, 11) is 0. The Morgan fingerprint density at radius 1 is 1.04 bits per heavy atom. The minimum atomic E-state index is -0.527. The third-order valence-electron chi connectivity index (χ3n) is 3.59. The SMILES string of the molecule is Cc1ccc(NC(=O)CS[C@@H](C)C(=O)NNC(=O)c2ccccc2Cl)cc1. The molecule has 0 fully saturated rings. The zero-order valence-corrected chi connectivity index (χ0v) is 16.5. The van der Waals surface area contributed by atoms with Crippen LogP contribution >= 0.6 is 23.4 Å². The zero-order valence-electron chi connectivity index (χ0n) is 14.9. The van der Waals surface area contributed by atoms with E-state index in [4.69, 9.17) is 11.6 Å². The van der Waals surface area contributed by atoms with Gasteiger partial charge < -0.3 is 5.32 Å². The van der Waals surface area contributed by atoms with Gasteiger partial charge in [0.25, 0.3) is 11.8 Å². The number of hydrogen-bond donors (Lipinski definition) is 3. The monoisotopic (exact) mass is 405 g/mol. The van der Waals surface area contributed by atoms with E-state index in [0.717, 1.165) is 17.3 Å². The topological polar surface area (TPSA) is 87.3 Å². The van der Waals surface area contributed by atoms with Crippen LogP contribution in [0.1, 0.15) is 22.8 Å². The number of rotatable bonds is 6. The van der Waals surface area contributed by atoms with Crippen LogP contribution in [0.5, 0.6) is 0 Å². The first-order valence-corrected chi connectivity index (χ1v) is 9.62. The quantitative estimate of drug-likeness (QED) is 0.644. The molecule has 27 heavy (non-hydrogen) atoms. The van der Waals surface area contributed by atoms with Gasteiger partial charge in [0.1, 0.15) is 0 Å². The van der Waals surface area contributed by atoms with Gasteiger partial charge in [-0.3, -0.25) is 25.2 Å². The molecule has 0 radical (unpaired) electrons. The molecule has 0 spiro atoms. The number of halogens is 1. The highest BCUT2D eigenvalue weighted by atomic mass is 35.5. The Hall–Kier alpha value is -2.51. The fourth-order valence-electron chi connectivity index (χ4n) is 2.04. The molecule has 3 amide bonds. The molecule has 0 bridgehead atoms. The van der Waals surface area contributed by atoms with Crippen molar-refractivity contribution in [2.75, 3.05) is 11.1 Å². The van der Waals surface area contributed by atoms with Gasteiger partial charge in [-0.1, -0.05) is 41.4 Å². The average molecular weight is 406 g/mol. The van der Waals surface area contributed by atoms with Gasteiger partial charge in [0.15, 0.2) is 0 Å². The van der Waals surface area contributed by atoms with Crippen LogP contribution < -0.4 is 16.2 Å². The highest BCUT2D eigenvalue weighted by Crippen LogP contribution is 2.15. The van der Waals surface area contributed by atoms with E-state index < -0.39 is 17.1 Å². The van der Waals surface area contributed by atoms with Crippen molar-refractivity contribution >= 4 is 46.8 Å². The summed E-state index contributed by atoms with van der Waals surface area (Å²) in [5.41, 5.74) is 6.72. The van der Waals surface area contributed by atoms with Crippen LogP contribution in [-0.2, 0) is 9.59 Å². The van der Waals surface area contributed by atoms with Gasteiger partial charge in [-0.2, -0.15) is 0 Å². The number of aryl methyl sites for hydroxylation is 1. The van der Waals surface area contributed by atoms with Crippen LogP contribution in [-0.4, -0.2) is 28.7 Å². The smallest absolute Gasteiger partial charge is 0.271 e. The molecular weight excluding hydrogens is 386 g/mol. The first-order valence-electron chi connectivity index (χ1n) is 8.19. The van der Waals surface area contributed by atoms with E-state index in [-0.39, 0.29) is 17.2 Å². The second kappa shape index (κ2) is 9.99. The molecule has 1 atom stereocenters. The van der Waals surface area contributed by atoms with E-state index in [1.807, 2.05) is 31.2 Å². The number of carbonyl (C=O) groups excluding carboxylic acids is 3. The molecule has 0 saturated carbocycles. The number of nitrogens with one attached hydrogen (secondary N) is 3. The van der Waals surface area contributed by atoms with E-state index in [9.17, 15) is 14.4 Å². The third-order valence-corrected chi connectivity index (χ3v) is 5.06. The summed E-state index contributed by atoms with van der Waals surface area (Å²) in [6, 6.07) is 14.0. The number of benzene rings is 2. The lowest BCUT2D eigenvalue weighted by Gasteiger charge is -2.13. The molecule has 0 aliphatic carbocycles. The van der Waals surface area contributed by atoms with Crippen molar-refractivity contribution in [1.82, 2.24) is 10.9 Å². The predicted octanol–water partition coefficient (Wildman–Crippen LogP) is 3.17. The molecule has 0 aliphatic rings. The summed E-state index contributed by atoms with van der Waals surface area (Å²) in [5, 5.41) is 2.53. The van der Waals surface area contributed by atoms with Crippen molar-refractivity contribution in [2.24, 2.45) is 0 Å². The van der Waals surface area contributed by atoms with Gasteiger partial charge in [0.2, 0.25) is 5.91 Å². The fraction of sp³-hybridized carbons (Fsp3) is 0.211. The van der Waals surface area contributed by atoms with Crippen LogP contribution in [0.2, 0.25) is 5.02 Å². The molecule has 2 aromatic rings. The van der Waals surface area contributed by atoms with Crippen LogP contribution in [0.15, 0.2) is 48.5 Å². The molecule has 142 valence electrons. The van der Waals surface area contributed by atoms with E-state index in [2.05, 4.69) is 16.2 Å². The molecule has 2 rings (SSSR count). The molecule has 0 aromatic heterocycles. The predicted molar refractivity (Wildman–Crippen MR) is 109 cm³/mol. The minimum absolute atomic E-state index is 0.112. The highest BCUT2D eigenvalue weighted by Gasteiger charge is 2.17. The minimum Gasteiger partial charge on any atom is -0.325 e. The molecule has 8 heteroatoms. The van der Waals surface area contributed by atoms with Gasteiger partial charge in [-0.15, -0.1) is 11.8 Å². The van der Waals surface area contributed by atoms with Crippen molar-refractivity contribution in [3.63, 3.8) is 0 Å². The van der Waals surface area contributed by atoms with E-state index in [1.165, 1.54) is 0 Å². The Bertz CT molecular complexity index is 827. The Kier molecular flexibility index (Phi) is 7.69. The first-order chi connectivity index (χ1) is 12.9. The van der Waals surface area contributed by atoms with Crippen molar-refractivity contribution in [1.29, 1.82) is 0 Å². The van der Waals surface area contributed by atoms with Gasteiger partial charge >= 0.3 is 0 Å². The summed E-state index contributed by atoms with van der Waals surface area (Å²) in [5.74, 6) is -1.02.